The molecular formula is C14H19N5O3. The fourth-order valence-corrected chi connectivity index (χ4v) is 3.02. The summed E-state index contributed by atoms with van der Waals surface area (Å²) >= 11 is 0. The van der Waals surface area contributed by atoms with Crippen molar-refractivity contribution >= 4 is 11.8 Å². The molecular weight excluding hydrogens is 286 g/mol. The highest BCUT2D eigenvalue weighted by molar-refractivity contribution is 5.94. The summed E-state index contributed by atoms with van der Waals surface area (Å²) < 4.78 is 5.90. The molecule has 2 aliphatic heterocycles. The van der Waals surface area contributed by atoms with Gasteiger partial charge in [0.25, 0.3) is 5.91 Å². The van der Waals surface area contributed by atoms with Gasteiger partial charge >= 0.3 is 0 Å². The van der Waals surface area contributed by atoms with Gasteiger partial charge in [0.1, 0.15) is 11.6 Å². The molecule has 0 aromatic carbocycles. The van der Waals surface area contributed by atoms with Gasteiger partial charge in [0, 0.05) is 13.6 Å². The molecule has 0 aliphatic carbocycles. The van der Waals surface area contributed by atoms with Crippen LogP contribution < -0.4 is 5.32 Å². The normalized spacial score (nSPS) is 23.9. The summed E-state index contributed by atoms with van der Waals surface area (Å²) in [5.74, 6) is -0.118. The standard InChI is InChI=1S/C14H19N5O3/c1-15-12(20)11-6-22-14(7-18(11)2)8-19(9-14)13(21)10-3-4-16-17-5-10/h3-5,11H,6-9H2,1-2H3,(H,15,20)/t11-/m0/s1. The Morgan fingerprint density at radius 3 is 2.73 bits per heavy atom. The fourth-order valence-electron chi connectivity index (χ4n) is 3.02. The molecule has 2 saturated heterocycles. The molecule has 2 fully saturated rings. The maximum atomic E-state index is 12.3. The SMILES string of the molecule is CNC(=O)[C@@H]1COC2(CN(C(=O)c3ccnnc3)C2)CN1C. The molecule has 1 atom stereocenters. The molecule has 8 heteroatoms. The number of likely N-dealkylation sites (tertiary alicyclic amines) is 1. The number of carbonyl (C=O) groups is 2. The van der Waals surface area contributed by atoms with Crippen molar-refractivity contribution in [3.8, 4) is 0 Å². The predicted octanol–water partition coefficient (Wildman–Crippen LogP) is -1.25. The van der Waals surface area contributed by atoms with Crippen LogP contribution in [-0.2, 0) is 9.53 Å². The van der Waals surface area contributed by atoms with Crippen molar-refractivity contribution in [3.63, 3.8) is 0 Å². The van der Waals surface area contributed by atoms with Crippen molar-refractivity contribution in [1.82, 2.24) is 25.3 Å². The second kappa shape index (κ2) is 5.62. The minimum atomic E-state index is -0.366. The minimum Gasteiger partial charge on any atom is -0.368 e. The number of rotatable bonds is 2. The largest absolute Gasteiger partial charge is 0.368 e. The number of morpholine rings is 1. The quantitative estimate of drug-likeness (QED) is 0.734. The first-order chi connectivity index (χ1) is 10.5. The van der Waals surface area contributed by atoms with Crippen LogP contribution in [0.25, 0.3) is 0 Å². The van der Waals surface area contributed by atoms with Gasteiger partial charge in [0.05, 0.1) is 37.7 Å². The number of nitrogens with one attached hydrogen (secondary N) is 1. The third-order valence-corrected chi connectivity index (χ3v) is 4.24. The van der Waals surface area contributed by atoms with Crippen LogP contribution in [0.1, 0.15) is 10.4 Å². The number of hydrogen-bond acceptors (Lipinski definition) is 6. The summed E-state index contributed by atoms with van der Waals surface area (Å²) in [5.41, 5.74) is 0.160. The molecule has 3 rings (SSSR count). The average molecular weight is 305 g/mol. The highest BCUT2D eigenvalue weighted by Crippen LogP contribution is 2.31. The Morgan fingerprint density at radius 1 is 1.36 bits per heavy atom. The first-order valence-electron chi connectivity index (χ1n) is 7.16. The van der Waals surface area contributed by atoms with Crippen LogP contribution >= 0.6 is 0 Å². The molecule has 0 bridgehead atoms. The molecule has 1 aromatic rings. The highest BCUT2D eigenvalue weighted by Gasteiger charge is 2.51. The van der Waals surface area contributed by atoms with E-state index in [4.69, 9.17) is 4.74 Å². The Kier molecular flexibility index (Phi) is 3.79. The zero-order valence-corrected chi connectivity index (χ0v) is 12.7. The van der Waals surface area contributed by atoms with Crippen LogP contribution in [0.5, 0.6) is 0 Å². The van der Waals surface area contributed by atoms with Gasteiger partial charge in [0.2, 0.25) is 5.91 Å². The van der Waals surface area contributed by atoms with Crippen LogP contribution in [0.2, 0.25) is 0 Å². The number of ether oxygens (including phenoxy) is 1. The summed E-state index contributed by atoms with van der Waals surface area (Å²) in [5, 5.41) is 10.0. The van der Waals surface area contributed by atoms with Crippen molar-refractivity contribution in [2.45, 2.75) is 11.6 Å². The van der Waals surface area contributed by atoms with Crippen LogP contribution in [0.4, 0.5) is 0 Å². The second-order valence-corrected chi connectivity index (χ2v) is 5.83. The monoisotopic (exact) mass is 305 g/mol. The van der Waals surface area contributed by atoms with Crippen LogP contribution in [-0.4, -0.2) is 83.8 Å². The Hall–Kier alpha value is -2.06. The van der Waals surface area contributed by atoms with Gasteiger partial charge in [-0.15, -0.1) is 0 Å². The average Bonchev–Trinajstić information content (AvgIpc) is 2.52. The minimum absolute atomic E-state index is 0.0486. The van der Waals surface area contributed by atoms with E-state index in [0.29, 0.717) is 31.8 Å². The molecule has 0 radical (unpaired) electrons. The van der Waals surface area contributed by atoms with Crippen molar-refractivity contribution in [2.75, 3.05) is 40.3 Å². The Balaban J connectivity index is 1.59. The van der Waals surface area contributed by atoms with E-state index in [-0.39, 0.29) is 23.5 Å². The summed E-state index contributed by atoms with van der Waals surface area (Å²) in [6, 6.07) is 1.38. The first kappa shape index (κ1) is 14.9. The van der Waals surface area contributed by atoms with E-state index in [1.165, 1.54) is 12.4 Å². The van der Waals surface area contributed by atoms with Gasteiger partial charge in [-0.3, -0.25) is 14.5 Å². The second-order valence-electron chi connectivity index (χ2n) is 5.83. The number of likely N-dealkylation sites (N-methyl/N-ethyl adjacent to an activating group) is 2. The molecule has 1 N–H and O–H groups in total. The predicted molar refractivity (Wildman–Crippen MR) is 77.1 cm³/mol. The van der Waals surface area contributed by atoms with Gasteiger partial charge in [-0.2, -0.15) is 10.2 Å². The van der Waals surface area contributed by atoms with Gasteiger partial charge < -0.3 is 15.0 Å². The van der Waals surface area contributed by atoms with Gasteiger partial charge in [-0.25, -0.2) is 0 Å². The van der Waals surface area contributed by atoms with Gasteiger partial charge in [-0.05, 0) is 13.1 Å². The molecule has 1 aromatic heterocycles. The number of amides is 2. The smallest absolute Gasteiger partial charge is 0.255 e. The van der Waals surface area contributed by atoms with E-state index in [2.05, 4.69) is 15.5 Å². The lowest BCUT2D eigenvalue weighted by atomic mass is 9.90. The molecule has 8 nitrogen and oxygen atoms in total. The highest BCUT2D eigenvalue weighted by atomic mass is 16.5. The number of carbonyl (C=O) groups excluding carboxylic acids is 2. The Labute approximate surface area is 128 Å². The lowest BCUT2D eigenvalue weighted by molar-refractivity contribution is -0.187. The van der Waals surface area contributed by atoms with Crippen molar-refractivity contribution in [1.29, 1.82) is 0 Å². The van der Waals surface area contributed by atoms with Crippen molar-refractivity contribution in [2.24, 2.45) is 0 Å². The van der Waals surface area contributed by atoms with Crippen molar-refractivity contribution in [3.05, 3.63) is 24.0 Å². The van der Waals surface area contributed by atoms with Crippen LogP contribution in [0.15, 0.2) is 18.5 Å². The third kappa shape index (κ3) is 2.55. The van der Waals surface area contributed by atoms with E-state index in [0.717, 1.165) is 0 Å². The maximum absolute atomic E-state index is 12.3. The molecule has 3 heterocycles. The Morgan fingerprint density at radius 2 is 2.14 bits per heavy atom. The molecule has 1 spiro atoms. The lowest BCUT2D eigenvalue weighted by Crippen LogP contribution is -2.73. The number of hydrogen-bond donors (Lipinski definition) is 1. The maximum Gasteiger partial charge on any atom is 0.255 e. The fraction of sp³-hybridized carbons (Fsp3) is 0.571. The zero-order chi connectivity index (χ0) is 15.7. The molecule has 0 unspecified atom stereocenters. The Bertz CT molecular complexity index is 573. The molecule has 0 saturated carbocycles. The lowest BCUT2D eigenvalue weighted by Gasteiger charge is -2.54. The van der Waals surface area contributed by atoms with Gasteiger partial charge in [-0.1, -0.05) is 0 Å². The summed E-state index contributed by atoms with van der Waals surface area (Å²) in [4.78, 5) is 27.7. The molecule has 2 amide bonds. The van der Waals surface area contributed by atoms with E-state index < -0.39 is 0 Å². The van der Waals surface area contributed by atoms with Crippen LogP contribution in [0, 0.1) is 0 Å². The molecule has 2 aliphatic rings. The summed E-state index contributed by atoms with van der Waals surface area (Å²) in [6.07, 6.45) is 2.96. The van der Waals surface area contributed by atoms with E-state index in [1.807, 2.05) is 11.9 Å². The van der Waals surface area contributed by atoms with Gasteiger partial charge in [0.15, 0.2) is 0 Å². The molecule has 118 valence electrons. The van der Waals surface area contributed by atoms with E-state index in [9.17, 15) is 9.59 Å². The van der Waals surface area contributed by atoms with Crippen LogP contribution in [0.3, 0.4) is 0 Å². The van der Waals surface area contributed by atoms with E-state index >= 15 is 0 Å². The van der Waals surface area contributed by atoms with E-state index in [1.54, 1.807) is 18.0 Å². The number of aromatic nitrogens is 2. The summed E-state index contributed by atoms with van der Waals surface area (Å²) in [7, 11) is 3.52. The zero-order valence-electron chi connectivity index (χ0n) is 12.7. The summed E-state index contributed by atoms with van der Waals surface area (Å²) in [6.45, 7) is 2.02. The molecule has 22 heavy (non-hydrogen) atoms. The topological polar surface area (TPSA) is 87.7 Å². The number of nitrogens with zero attached hydrogens (tertiary/aromatic N) is 4. The van der Waals surface area contributed by atoms with Crippen molar-refractivity contribution < 1.29 is 14.3 Å². The first-order valence-corrected chi connectivity index (χ1v) is 7.16. The third-order valence-electron chi connectivity index (χ3n) is 4.24.